The van der Waals surface area contributed by atoms with E-state index in [4.69, 9.17) is 4.74 Å². The normalized spacial score (nSPS) is 10.6. The zero-order valence-corrected chi connectivity index (χ0v) is 14.1. The first-order chi connectivity index (χ1) is 10.7. The molecule has 1 aromatic rings. The number of hydrogen-bond acceptors (Lipinski definition) is 3. The van der Waals surface area contributed by atoms with E-state index in [2.05, 4.69) is 13.8 Å². The fourth-order valence-corrected chi connectivity index (χ4v) is 2.47. The molecule has 0 radical (unpaired) electrons. The Balaban J connectivity index is 2.50. The number of hydrogen-bond donors (Lipinski definition) is 1. The Morgan fingerprint density at radius 2 is 1.68 bits per heavy atom. The van der Waals surface area contributed by atoms with Crippen molar-refractivity contribution in [1.82, 2.24) is 0 Å². The number of aromatic hydroxyl groups is 1. The smallest absolute Gasteiger partial charge is 0.341 e. The van der Waals surface area contributed by atoms with Crippen LogP contribution in [0.25, 0.3) is 0 Å². The fraction of sp³-hybridized carbons (Fsp3) is 0.632. The molecule has 0 unspecified atom stereocenters. The number of aryl methyl sites for hydroxylation is 1. The molecule has 3 heteroatoms. The minimum absolute atomic E-state index is 0.0950. The van der Waals surface area contributed by atoms with Crippen LogP contribution in [0.3, 0.4) is 0 Å². The first-order valence-electron chi connectivity index (χ1n) is 8.68. The molecule has 124 valence electrons. The minimum Gasteiger partial charge on any atom is -0.507 e. The summed E-state index contributed by atoms with van der Waals surface area (Å²) >= 11 is 0. The molecule has 0 aromatic heterocycles. The zero-order chi connectivity index (χ0) is 16.2. The lowest BCUT2D eigenvalue weighted by molar-refractivity contribution is 0.0494. The van der Waals surface area contributed by atoms with Crippen LogP contribution in [-0.2, 0) is 11.2 Å². The molecule has 1 N–H and O–H groups in total. The van der Waals surface area contributed by atoms with Gasteiger partial charge in [0.2, 0.25) is 0 Å². The van der Waals surface area contributed by atoms with Gasteiger partial charge in [0.25, 0.3) is 0 Å². The zero-order valence-electron chi connectivity index (χ0n) is 14.1. The number of benzene rings is 1. The summed E-state index contributed by atoms with van der Waals surface area (Å²) in [5.41, 5.74) is 1.14. The standard InChI is InChI=1S/C19H30O3/c1-3-5-7-9-12-16-13-11-14-17(18(16)20)19(21)22-15-10-8-6-4-2/h11,13-14,20H,3-10,12,15H2,1-2H3. The number of esters is 1. The number of phenols is 1. The van der Waals surface area contributed by atoms with Crippen molar-refractivity contribution in [3.8, 4) is 5.75 Å². The van der Waals surface area contributed by atoms with Crippen LogP contribution in [0.2, 0.25) is 0 Å². The lowest BCUT2D eigenvalue weighted by Gasteiger charge is -2.10. The average Bonchev–Trinajstić information content (AvgIpc) is 2.52. The molecule has 0 aliphatic heterocycles. The van der Waals surface area contributed by atoms with Crippen LogP contribution in [0.5, 0.6) is 5.75 Å². The molecule has 0 aliphatic rings. The molecule has 0 atom stereocenters. The van der Waals surface area contributed by atoms with Gasteiger partial charge in [-0.25, -0.2) is 4.79 Å². The Morgan fingerprint density at radius 3 is 2.36 bits per heavy atom. The first kappa shape index (κ1) is 18.5. The Kier molecular flexibility index (Phi) is 9.36. The molecule has 0 saturated heterocycles. The van der Waals surface area contributed by atoms with E-state index in [9.17, 15) is 9.90 Å². The minimum atomic E-state index is -0.413. The summed E-state index contributed by atoms with van der Waals surface area (Å²) < 4.78 is 5.25. The van der Waals surface area contributed by atoms with Crippen molar-refractivity contribution in [2.75, 3.05) is 6.61 Å². The fourth-order valence-electron chi connectivity index (χ4n) is 2.47. The topological polar surface area (TPSA) is 46.5 Å². The maximum atomic E-state index is 12.0. The largest absolute Gasteiger partial charge is 0.507 e. The van der Waals surface area contributed by atoms with Gasteiger partial charge in [-0.3, -0.25) is 0 Å². The summed E-state index contributed by atoms with van der Waals surface area (Å²) in [4.78, 5) is 12.0. The molecule has 0 heterocycles. The molecule has 0 bridgehead atoms. The summed E-state index contributed by atoms with van der Waals surface area (Å²) in [6.07, 6.45) is 9.69. The van der Waals surface area contributed by atoms with Gasteiger partial charge in [0.05, 0.1) is 6.61 Å². The first-order valence-corrected chi connectivity index (χ1v) is 8.68. The lowest BCUT2D eigenvalue weighted by Crippen LogP contribution is -2.07. The molecule has 1 aromatic carbocycles. The monoisotopic (exact) mass is 306 g/mol. The van der Waals surface area contributed by atoms with Gasteiger partial charge in [-0.2, -0.15) is 0 Å². The Labute approximate surface area is 134 Å². The molecule has 0 aliphatic carbocycles. The van der Waals surface area contributed by atoms with Crippen LogP contribution in [0.15, 0.2) is 18.2 Å². The van der Waals surface area contributed by atoms with E-state index in [1.807, 2.05) is 12.1 Å². The molecule has 0 amide bonds. The van der Waals surface area contributed by atoms with Crippen LogP contribution in [0.4, 0.5) is 0 Å². The molecular weight excluding hydrogens is 276 g/mol. The van der Waals surface area contributed by atoms with E-state index < -0.39 is 5.97 Å². The van der Waals surface area contributed by atoms with Gasteiger partial charge in [-0.15, -0.1) is 0 Å². The molecule has 22 heavy (non-hydrogen) atoms. The van der Waals surface area contributed by atoms with Crippen molar-refractivity contribution in [2.45, 2.75) is 71.6 Å². The number of rotatable bonds is 11. The highest BCUT2D eigenvalue weighted by Crippen LogP contribution is 2.25. The van der Waals surface area contributed by atoms with E-state index >= 15 is 0 Å². The summed E-state index contributed by atoms with van der Waals surface area (Å²) in [5.74, 6) is -0.318. The number of ether oxygens (including phenoxy) is 1. The van der Waals surface area contributed by atoms with Crippen molar-refractivity contribution < 1.29 is 14.6 Å². The van der Waals surface area contributed by atoms with Crippen LogP contribution < -0.4 is 0 Å². The third kappa shape index (κ3) is 6.50. The highest BCUT2D eigenvalue weighted by molar-refractivity contribution is 5.92. The van der Waals surface area contributed by atoms with E-state index in [-0.39, 0.29) is 5.75 Å². The van der Waals surface area contributed by atoms with E-state index in [0.29, 0.717) is 12.2 Å². The average molecular weight is 306 g/mol. The van der Waals surface area contributed by atoms with Gasteiger partial charge >= 0.3 is 5.97 Å². The van der Waals surface area contributed by atoms with Crippen molar-refractivity contribution in [2.24, 2.45) is 0 Å². The van der Waals surface area contributed by atoms with Gasteiger partial charge in [0, 0.05) is 0 Å². The van der Waals surface area contributed by atoms with Crippen molar-refractivity contribution in [1.29, 1.82) is 0 Å². The third-order valence-corrected chi connectivity index (χ3v) is 3.87. The summed E-state index contributed by atoms with van der Waals surface area (Å²) in [6.45, 7) is 4.75. The SMILES string of the molecule is CCCCCCOC(=O)c1cccc(CCCCCC)c1O. The number of para-hydroxylation sites is 1. The van der Waals surface area contributed by atoms with Gasteiger partial charge in [0.1, 0.15) is 11.3 Å². The Hall–Kier alpha value is -1.51. The second kappa shape index (κ2) is 11.1. The second-order valence-electron chi connectivity index (χ2n) is 5.82. The van der Waals surface area contributed by atoms with Crippen LogP contribution in [0.1, 0.15) is 81.1 Å². The van der Waals surface area contributed by atoms with Crippen molar-refractivity contribution in [3.63, 3.8) is 0 Å². The van der Waals surface area contributed by atoms with Gasteiger partial charge < -0.3 is 9.84 Å². The number of phenolic OH excluding ortho intramolecular Hbond substituents is 1. The quantitative estimate of drug-likeness (QED) is 0.448. The lowest BCUT2D eigenvalue weighted by atomic mass is 10.0. The number of carbonyl (C=O) groups excluding carboxylic acids is 1. The van der Waals surface area contributed by atoms with Crippen LogP contribution in [0, 0.1) is 0 Å². The maximum absolute atomic E-state index is 12.0. The molecule has 0 spiro atoms. The summed E-state index contributed by atoms with van der Waals surface area (Å²) in [7, 11) is 0. The molecule has 0 saturated carbocycles. The van der Waals surface area contributed by atoms with E-state index in [1.54, 1.807) is 6.07 Å². The van der Waals surface area contributed by atoms with Gasteiger partial charge in [-0.1, -0.05) is 64.5 Å². The van der Waals surface area contributed by atoms with Crippen molar-refractivity contribution >= 4 is 5.97 Å². The Bertz CT molecular complexity index is 440. The maximum Gasteiger partial charge on any atom is 0.341 e. The number of unbranched alkanes of at least 4 members (excludes halogenated alkanes) is 6. The van der Waals surface area contributed by atoms with E-state index in [1.165, 1.54) is 12.8 Å². The molecule has 0 fully saturated rings. The van der Waals surface area contributed by atoms with Gasteiger partial charge in [0.15, 0.2) is 0 Å². The molecule has 3 nitrogen and oxygen atoms in total. The highest BCUT2D eigenvalue weighted by atomic mass is 16.5. The van der Waals surface area contributed by atoms with Crippen LogP contribution in [-0.4, -0.2) is 17.7 Å². The molecule has 1 rings (SSSR count). The summed E-state index contributed by atoms with van der Waals surface area (Å²) in [6, 6.07) is 5.35. The summed E-state index contributed by atoms with van der Waals surface area (Å²) in [5, 5.41) is 10.3. The predicted octanol–water partition coefficient (Wildman–Crippen LogP) is 5.25. The Morgan fingerprint density at radius 1 is 1.00 bits per heavy atom. The second-order valence-corrected chi connectivity index (χ2v) is 5.82. The van der Waals surface area contributed by atoms with Crippen LogP contribution >= 0.6 is 0 Å². The third-order valence-electron chi connectivity index (χ3n) is 3.87. The highest BCUT2D eigenvalue weighted by Gasteiger charge is 2.15. The van der Waals surface area contributed by atoms with Crippen molar-refractivity contribution in [3.05, 3.63) is 29.3 Å². The number of carbonyl (C=O) groups is 1. The van der Waals surface area contributed by atoms with Gasteiger partial charge in [-0.05, 0) is 30.9 Å². The molecular formula is C19H30O3. The predicted molar refractivity (Wildman–Crippen MR) is 90.4 cm³/mol. The van der Waals surface area contributed by atoms with E-state index in [0.717, 1.165) is 50.5 Å².